The maximum absolute atomic E-state index is 11.5. The molecule has 0 aliphatic rings. The van der Waals surface area contributed by atoms with Gasteiger partial charge in [-0.2, -0.15) is 0 Å². The lowest BCUT2D eigenvalue weighted by Crippen LogP contribution is -2.03. The van der Waals surface area contributed by atoms with Gasteiger partial charge < -0.3 is 5.11 Å². The minimum absolute atomic E-state index is 0.0652. The fraction of sp³-hybridized carbons (Fsp3) is 0.400. The Morgan fingerprint density at radius 1 is 1.40 bits per heavy atom. The van der Waals surface area contributed by atoms with Gasteiger partial charge in [-0.05, 0) is 36.6 Å². The second-order valence-corrected chi connectivity index (χ2v) is 6.25. The zero-order valence-electron chi connectivity index (χ0n) is 8.40. The topological polar surface area (TPSA) is 54.4 Å². The van der Waals surface area contributed by atoms with Crippen molar-refractivity contribution in [3.63, 3.8) is 0 Å². The Labute approximate surface area is 98.2 Å². The van der Waals surface area contributed by atoms with Crippen molar-refractivity contribution in [2.75, 3.05) is 12.9 Å². The number of aliphatic hydroxyl groups excluding tert-OH is 1. The Morgan fingerprint density at radius 3 is 2.60 bits per heavy atom. The van der Waals surface area contributed by atoms with Crippen LogP contribution in [0.5, 0.6) is 0 Å². The molecule has 1 rings (SSSR count). The van der Waals surface area contributed by atoms with Crippen molar-refractivity contribution in [3.8, 4) is 0 Å². The summed E-state index contributed by atoms with van der Waals surface area (Å²) >= 11 is 3.30. The van der Waals surface area contributed by atoms with Gasteiger partial charge in [0.25, 0.3) is 0 Å². The van der Waals surface area contributed by atoms with Crippen LogP contribution in [-0.4, -0.2) is 26.4 Å². The molecule has 0 heterocycles. The van der Waals surface area contributed by atoms with Crippen molar-refractivity contribution >= 4 is 25.8 Å². The van der Waals surface area contributed by atoms with Crippen molar-refractivity contribution in [2.45, 2.75) is 17.7 Å². The molecule has 1 aromatic carbocycles. The van der Waals surface area contributed by atoms with E-state index in [0.717, 1.165) is 10.0 Å². The third kappa shape index (κ3) is 3.59. The number of halogens is 1. The van der Waals surface area contributed by atoms with Crippen LogP contribution in [0.3, 0.4) is 0 Å². The summed E-state index contributed by atoms with van der Waals surface area (Å²) in [5, 5.41) is 8.73. The van der Waals surface area contributed by atoms with Gasteiger partial charge in [0.2, 0.25) is 0 Å². The normalized spacial score (nSPS) is 11.7. The number of benzene rings is 1. The van der Waals surface area contributed by atoms with E-state index in [1.54, 1.807) is 18.2 Å². The van der Waals surface area contributed by atoms with E-state index in [9.17, 15) is 8.42 Å². The summed E-state index contributed by atoms with van der Waals surface area (Å²) in [6.45, 7) is 0.0652. The molecule has 3 nitrogen and oxygen atoms in total. The Morgan fingerprint density at radius 2 is 2.07 bits per heavy atom. The van der Waals surface area contributed by atoms with Crippen LogP contribution in [0.1, 0.15) is 12.0 Å². The summed E-state index contributed by atoms with van der Waals surface area (Å²) in [6, 6.07) is 5.08. The fourth-order valence-corrected chi connectivity index (χ4v) is 2.74. The zero-order chi connectivity index (χ0) is 11.5. The molecule has 84 valence electrons. The lowest BCUT2D eigenvalue weighted by atomic mass is 10.1. The largest absolute Gasteiger partial charge is 0.396 e. The molecule has 1 aromatic rings. The standard InChI is InChI=1S/C10H13BrO3S/c1-15(13,14)10-5-4-9(11)7-8(10)3-2-6-12/h4-5,7,12H,2-3,6H2,1H3. The molecule has 0 spiro atoms. The van der Waals surface area contributed by atoms with Gasteiger partial charge >= 0.3 is 0 Å². The first kappa shape index (κ1) is 12.7. The van der Waals surface area contributed by atoms with Crippen LogP contribution in [0, 0.1) is 0 Å². The number of sulfone groups is 1. The van der Waals surface area contributed by atoms with Gasteiger partial charge in [0, 0.05) is 17.3 Å². The molecule has 0 aliphatic carbocycles. The minimum Gasteiger partial charge on any atom is -0.396 e. The second-order valence-electron chi connectivity index (χ2n) is 3.35. The third-order valence-electron chi connectivity index (χ3n) is 2.03. The van der Waals surface area contributed by atoms with E-state index in [4.69, 9.17) is 5.11 Å². The maximum Gasteiger partial charge on any atom is 0.175 e. The Balaban J connectivity index is 3.15. The smallest absolute Gasteiger partial charge is 0.175 e. The Kier molecular flexibility index (Phi) is 4.31. The highest BCUT2D eigenvalue weighted by Crippen LogP contribution is 2.21. The van der Waals surface area contributed by atoms with Crippen LogP contribution < -0.4 is 0 Å². The molecule has 0 saturated heterocycles. The maximum atomic E-state index is 11.5. The van der Waals surface area contributed by atoms with Crippen LogP contribution in [0.2, 0.25) is 0 Å². The number of aliphatic hydroxyl groups is 1. The molecule has 1 N–H and O–H groups in total. The SMILES string of the molecule is CS(=O)(=O)c1ccc(Br)cc1CCCO. The van der Waals surface area contributed by atoms with E-state index in [2.05, 4.69) is 15.9 Å². The van der Waals surface area contributed by atoms with Gasteiger partial charge in [-0.15, -0.1) is 0 Å². The van der Waals surface area contributed by atoms with Crippen LogP contribution >= 0.6 is 15.9 Å². The summed E-state index contributed by atoms with van der Waals surface area (Å²) in [5.41, 5.74) is 0.751. The fourth-order valence-electron chi connectivity index (χ4n) is 1.37. The van der Waals surface area contributed by atoms with Crippen LogP contribution in [-0.2, 0) is 16.3 Å². The first-order valence-corrected chi connectivity index (χ1v) is 7.23. The molecule has 0 saturated carbocycles. The number of aryl methyl sites for hydroxylation is 1. The van der Waals surface area contributed by atoms with Crippen molar-refractivity contribution in [2.24, 2.45) is 0 Å². The second kappa shape index (κ2) is 5.09. The average Bonchev–Trinajstić information content (AvgIpc) is 2.12. The van der Waals surface area contributed by atoms with Crippen LogP contribution in [0.15, 0.2) is 27.6 Å². The molecule has 0 amide bonds. The third-order valence-corrected chi connectivity index (χ3v) is 3.72. The van der Waals surface area contributed by atoms with Crippen molar-refractivity contribution < 1.29 is 13.5 Å². The van der Waals surface area contributed by atoms with Crippen molar-refractivity contribution in [1.82, 2.24) is 0 Å². The molecule has 0 radical (unpaired) electrons. The molecule has 0 atom stereocenters. The molecule has 0 aliphatic heterocycles. The van der Waals surface area contributed by atoms with Crippen LogP contribution in [0.25, 0.3) is 0 Å². The summed E-state index contributed by atoms with van der Waals surface area (Å²) in [7, 11) is -3.18. The average molecular weight is 293 g/mol. The summed E-state index contributed by atoms with van der Waals surface area (Å²) in [6.07, 6.45) is 2.33. The predicted octanol–water partition coefficient (Wildman–Crippen LogP) is 1.78. The first-order valence-electron chi connectivity index (χ1n) is 4.54. The summed E-state index contributed by atoms with van der Waals surface area (Å²) in [5.74, 6) is 0. The highest BCUT2D eigenvalue weighted by molar-refractivity contribution is 9.10. The van der Waals surface area contributed by atoms with E-state index >= 15 is 0 Å². The zero-order valence-corrected chi connectivity index (χ0v) is 10.8. The van der Waals surface area contributed by atoms with Crippen LogP contribution in [0.4, 0.5) is 0 Å². The van der Waals surface area contributed by atoms with Gasteiger partial charge in [0.05, 0.1) is 4.90 Å². The Hall–Kier alpha value is -0.390. The van der Waals surface area contributed by atoms with E-state index in [-0.39, 0.29) is 6.61 Å². The van der Waals surface area contributed by atoms with Gasteiger partial charge in [0.15, 0.2) is 9.84 Å². The van der Waals surface area contributed by atoms with Gasteiger partial charge in [-0.1, -0.05) is 15.9 Å². The number of hydrogen-bond acceptors (Lipinski definition) is 3. The molecule has 5 heteroatoms. The molecule has 15 heavy (non-hydrogen) atoms. The highest BCUT2D eigenvalue weighted by Gasteiger charge is 2.12. The van der Waals surface area contributed by atoms with E-state index in [1.165, 1.54) is 6.26 Å². The molecule has 0 fully saturated rings. The van der Waals surface area contributed by atoms with E-state index in [1.807, 2.05) is 0 Å². The first-order chi connectivity index (χ1) is 6.95. The lowest BCUT2D eigenvalue weighted by Gasteiger charge is -2.07. The summed E-state index contributed by atoms with van der Waals surface area (Å²) < 4.78 is 23.8. The van der Waals surface area contributed by atoms with Crippen molar-refractivity contribution in [1.29, 1.82) is 0 Å². The number of rotatable bonds is 4. The quantitative estimate of drug-likeness (QED) is 0.920. The van der Waals surface area contributed by atoms with Crippen molar-refractivity contribution in [3.05, 3.63) is 28.2 Å². The van der Waals surface area contributed by atoms with Gasteiger partial charge in [-0.25, -0.2) is 8.42 Å². The molecule has 0 bridgehead atoms. The van der Waals surface area contributed by atoms with Gasteiger partial charge in [0.1, 0.15) is 0 Å². The van der Waals surface area contributed by atoms with Gasteiger partial charge in [-0.3, -0.25) is 0 Å². The monoisotopic (exact) mass is 292 g/mol. The molecule has 0 unspecified atom stereocenters. The lowest BCUT2D eigenvalue weighted by molar-refractivity contribution is 0.288. The molecular formula is C10H13BrO3S. The Bertz CT molecular complexity index is 440. The van der Waals surface area contributed by atoms with E-state index in [0.29, 0.717) is 17.7 Å². The number of hydrogen-bond donors (Lipinski definition) is 1. The minimum atomic E-state index is -3.18. The highest BCUT2D eigenvalue weighted by atomic mass is 79.9. The predicted molar refractivity (Wildman–Crippen MR) is 62.7 cm³/mol. The molecular weight excluding hydrogens is 280 g/mol. The summed E-state index contributed by atoms with van der Waals surface area (Å²) in [4.78, 5) is 0.346. The molecule has 0 aromatic heterocycles. The van der Waals surface area contributed by atoms with E-state index < -0.39 is 9.84 Å².